The smallest absolute Gasteiger partial charge is 0.312 e. The molecular weight excluding hydrogens is 468 g/mol. The lowest BCUT2D eigenvalue weighted by Gasteiger charge is -2.68. The number of allylic oxidation sites excluding steroid dienone is 3. The van der Waals surface area contributed by atoms with Gasteiger partial charge in [-0.1, -0.05) is 27.4 Å². The largest absolute Gasteiger partial charge is 0.469 e. The molecule has 0 aromatic heterocycles. The predicted molar refractivity (Wildman–Crippen MR) is 138 cm³/mol. The van der Waals surface area contributed by atoms with Gasteiger partial charge in [0.2, 0.25) is 0 Å². The number of Topliss-reactive ketones (excluding diaryl/α,β-unsaturated/α-hetero) is 2. The summed E-state index contributed by atoms with van der Waals surface area (Å²) in [4.78, 5) is 54.6. The van der Waals surface area contributed by atoms with E-state index in [-0.39, 0.29) is 47.3 Å². The van der Waals surface area contributed by atoms with Gasteiger partial charge in [-0.15, -0.1) is 0 Å². The molecular formula is C31H42O6. The van der Waals surface area contributed by atoms with Crippen LogP contribution in [-0.4, -0.2) is 42.1 Å². The zero-order valence-electron chi connectivity index (χ0n) is 23.2. The average molecular weight is 511 g/mol. The third kappa shape index (κ3) is 2.91. The van der Waals surface area contributed by atoms with Gasteiger partial charge in [0.15, 0.2) is 17.3 Å². The molecule has 0 amide bonds. The van der Waals surface area contributed by atoms with Crippen molar-refractivity contribution in [3.05, 3.63) is 23.8 Å². The zero-order valence-corrected chi connectivity index (χ0v) is 23.2. The van der Waals surface area contributed by atoms with E-state index < -0.39 is 33.0 Å². The second-order valence-corrected chi connectivity index (χ2v) is 13.8. The van der Waals surface area contributed by atoms with Crippen LogP contribution < -0.4 is 0 Å². The molecule has 0 heterocycles. The standard InChI is InChI=1S/C31H42O6/c1-17-8-11-31(26(36)37-7)13-12-29(5)23(19(31)14-17)20(33)15-22-28(29,4)10-9-21-27(3,16-32)24(34)18(2)25(35)30(21,22)6/h15,17,19,21,23,32H,2,8-14,16H2,1,3-7H3. The van der Waals surface area contributed by atoms with Crippen LogP contribution in [0.1, 0.15) is 79.6 Å². The Morgan fingerprint density at radius 1 is 1.05 bits per heavy atom. The Morgan fingerprint density at radius 2 is 1.73 bits per heavy atom. The number of fused-ring (bicyclic) bond motifs is 7. The third-order valence-electron chi connectivity index (χ3n) is 12.5. The second kappa shape index (κ2) is 7.97. The van der Waals surface area contributed by atoms with Gasteiger partial charge in [0, 0.05) is 5.92 Å². The molecule has 0 aromatic carbocycles. The summed E-state index contributed by atoms with van der Waals surface area (Å²) in [5.41, 5.74) is -3.03. The molecule has 9 unspecified atom stereocenters. The van der Waals surface area contributed by atoms with Crippen molar-refractivity contribution < 1.29 is 29.0 Å². The average Bonchev–Trinajstić information content (AvgIpc) is 2.87. The number of hydrogen-bond donors (Lipinski definition) is 1. The summed E-state index contributed by atoms with van der Waals surface area (Å²) >= 11 is 0. The Labute approximate surface area is 220 Å². The molecule has 6 heteroatoms. The molecule has 4 saturated carbocycles. The Kier molecular flexibility index (Phi) is 5.71. The number of carbonyl (C=O) groups is 4. The van der Waals surface area contributed by atoms with E-state index in [2.05, 4.69) is 27.4 Å². The maximum Gasteiger partial charge on any atom is 0.312 e. The third-order valence-corrected chi connectivity index (χ3v) is 12.5. The normalized spacial score (nSPS) is 49.3. The highest BCUT2D eigenvalue weighted by atomic mass is 16.5. The number of rotatable bonds is 2. The maximum atomic E-state index is 14.3. The lowest BCUT2D eigenvalue weighted by molar-refractivity contribution is -0.189. The Hall–Kier alpha value is -2.08. The summed E-state index contributed by atoms with van der Waals surface area (Å²) in [6, 6.07) is 0. The lowest BCUT2D eigenvalue weighted by Crippen LogP contribution is -2.68. The summed E-state index contributed by atoms with van der Waals surface area (Å²) in [5, 5.41) is 10.4. The molecule has 0 saturated heterocycles. The van der Waals surface area contributed by atoms with Gasteiger partial charge in [-0.05, 0) is 99.0 Å². The molecule has 0 bridgehead atoms. The lowest BCUT2D eigenvalue weighted by atomic mass is 9.34. The summed E-state index contributed by atoms with van der Waals surface area (Å²) in [6.07, 6.45) is 6.91. The summed E-state index contributed by atoms with van der Waals surface area (Å²) < 4.78 is 5.35. The van der Waals surface area contributed by atoms with Crippen LogP contribution in [0.2, 0.25) is 0 Å². The van der Waals surface area contributed by atoms with Crippen LogP contribution in [0, 0.1) is 50.7 Å². The fourth-order valence-corrected chi connectivity index (χ4v) is 10.1. The quantitative estimate of drug-likeness (QED) is 0.330. The molecule has 6 nitrogen and oxygen atoms in total. The number of carbonyl (C=O) groups excluding carboxylic acids is 4. The molecule has 0 radical (unpaired) electrons. The first-order valence-corrected chi connectivity index (χ1v) is 13.9. The van der Waals surface area contributed by atoms with Gasteiger partial charge in [0.05, 0.1) is 35.5 Å². The SMILES string of the molecule is C=C1C(=O)C(C)(CO)C2CCC3(C)C(=CC(=O)C4C5CC(C)CCC5(C(=O)OC)CCC43C)C2(C)C1=O. The van der Waals surface area contributed by atoms with E-state index in [1.807, 2.05) is 6.92 Å². The van der Waals surface area contributed by atoms with Gasteiger partial charge >= 0.3 is 5.97 Å². The molecule has 5 aliphatic rings. The Balaban J connectivity index is 1.70. The van der Waals surface area contributed by atoms with Crippen molar-refractivity contribution in [3.8, 4) is 0 Å². The van der Waals surface area contributed by atoms with E-state index in [0.29, 0.717) is 25.2 Å². The molecule has 4 fully saturated rings. The summed E-state index contributed by atoms with van der Waals surface area (Å²) in [7, 11) is 1.45. The van der Waals surface area contributed by atoms with E-state index in [0.717, 1.165) is 31.3 Å². The number of aliphatic hydroxyl groups excluding tert-OH is 1. The molecule has 5 aliphatic carbocycles. The topological polar surface area (TPSA) is 97.7 Å². The highest BCUT2D eigenvalue weighted by molar-refractivity contribution is 6.26. The fourth-order valence-electron chi connectivity index (χ4n) is 10.1. The van der Waals surface area contributed by atoms with Gasteiger partial charge in [0.1, 0.15) is 0 Å². The first-order chi connectivity index (χ1) is 17.2. The summed E-state index contributed by atoms with van der Waals surface area (Å²) in [5.74, 6) is -1.31. The van der Waals surface area contributed by atoms with Crippen LogP contribution in [0.4, 0.5) is 0 Å². The number of aliphatic hydroxyl groups is 1. The van der Waals surface area contributed by atoms with Gasteiger partial charge in [-0.25, -0.2) is 0 Å². The van der Waals surface area contributed by atoms with E-state index in [4.69, 9.17) is 4.74 Å². The molecule has 5 rings (SSSR count). The first-order valence-electron chi connectivity index (χ1n) is 13.9. The fraction of sp³-hybridized carbons (Fsp3) is 0.742. The first kappa shape index (κ1) is 26.5. The minimum atomic E-state index is -1.12. The van der Waals surface area contributed by atoms with Crippen LogP contribution in [0.25, 0.3) is 0 Å². The van der Waals surface area contributed by atoms with Crippen molar-refractivity contribution in [3.63, 3.8) is 0 Å². The van der Waals surface area contributed by atoms with E-state index >= 15 is 0 Å². The molecule has 202 valence electrons. The van der Waals surface area contributed by atoms with Crippen LogP contribution in [0.5, 0.6) is 0 Å². The van der Waals surface area contributed by atoms with E-state index in [1.54, 1.807) is 13.0 Å². The maximum absolute atomic E-state index is 14.3. The molecule has 0 aromatic rings. The summed E-state index contributed by atoms with van der Waals surface area (Å²) in [6.45, 7) is 13.7. The minimum Gasteiger partial charge on any atom is -0.469 e. The zero-order chi connectivity index (χ0) is 27.3. The Bertz CT molecular complexity index is 1150. The minimum absolute atomic E-state index is 0.00931. The number of ether oxygens (including phenoxy) is 1. The highest BCUT2D eigenvalue weighted by Crippen LogP contribution is 2.74. The van der Waals surface area contributed by atoms with Crippen molar-refractivity contribution in [2.75, 3.05) is 13.7 Å². The van der Waals surface area contributed by atoms with Crippen molar-refractivity contribution >= 4 is 23.3 Å². The van der Waals surface area contributed by atoms with E-state index in [1.165, 1.54) is 7.11 Å². The molecule has 37 heavy (non-hydrogen) atoms. The molecule has 9 atom stereocenters. The van der Waals surface area contributed by atoms with Crippen LogP contribution in [0.15, 0.2) is 23.8 Å². The van der Waals surface area contributed by atoms with Crippen molar-refractivity contribution in [2.45, 2.75) is 79.6 Å². The predicted octanol–water partition coefficient (Wildman–Crippen LogP) is 4.64. The molecule has 0 spiro atoms. The Morgan fingerprint density at radius 3 is 2.35 bits per heavy atom. The number of hydrogen-bond acceptors (Lipinski definition) is 6. The van der Waals surface area contributed by atoms with Crippen LogP contribution in [-0.2, 0) is 23.9 Å². The van der Waals surface area contributed by atoms with Gasteiger partial charge < -0.3 is 9.84 Å². The van der Waals surface area contributed by atoms with Crippen molar-refractivity contribution in [1.29, 1.82) is 0 Å². The van der Waals surface area contributed by atoms with Crippen molar-refractivity contribution in [1.82, 2.24) is 0 Å². The van der Waals surface area contributed by atoms with Crippen molar-refractivity contribution in [2.24, 2.45) is 50.7 Å². The van der Waals surface area contributed by atoms with Gasteiger partial charge in [0.25, 0.3) is 0 Å². The number of methoxy groups -OCH3 is 1. The molecule has 0 aliphatic heterocycles. The highest BCUT2D eigenvalue weighted by Gasteiger charge is 2.72. The monoisotopic (exact) mass is 510 g/mol. The van der Waals surface area contributed by atoms with Crippen LogP contribution in [0.3, 0.4) is 0 Å². The van der Waals surface area contributed by atoms with E-state index in [9.17, 15) is 24.3 Å². The molecule has 1 N–H and O–H groups in total. The van der Waals surface area contributed by atoms with Gasteiger partial charge in [-0.2, -0.15) is 0 Å². The van der Waals surface area contributed by atoms with Crippen LogP contribution >= 0.6 is 0 Å². The second-order valence-electron chi connectivity index (χ2n) is 13.8. The number of esters is 1. The number of ketones is 3. The van der Waals surface area contributed by atoms with Gasteiger partial charge in [-0.3, -0.25) is 19.2 Å².